The van der Waals surface area contributed by atoms with Crippen molar-refractivity contribution in [3.63, 3.8) is 0 Å². The average Bonchev–Trinajstić information content (AvgIpc) is 2.14. The Morgan fingerprint density at radius 2 is 2.00 bits per heavy atom. The Morgan fingerprint density at radius 3 is 2.57 bits per heavy atom. The first-order valence-electron chi connectivity index (χ1n) is 5.12. The van der Waals surface area contributed by atoms with Crippen LogP contribution >= 0.6 is 0 Å². The summed E-state index contributed by atoms with van der Waals surface area (Å²) < 4.78 is 0. The maximum absolute atomic E-state index is 9.31. The van der Waals surface area contributed by atoms with Crippen LogP contribution in [0.5, 0.6) is 5.75 Å². The van der Waals surface area contributed by atoms with E-state index in [1.165, 1.54) is 0 Å². The summed E-state index contributed by atoms with van der Waals surface area (Å²) in [6.07, 6.45) is 0. The van der Waals surface area contributed by atoms with E-state index in [4.69, 9.17) is 0 Å². The van der Waals surface area contributed by atoms with Gasteiger partial charge in [-0.2, -0.15) is 0 Å². The minimum atomic E-state index is 0.296. The minimum absolute atomic E-state index is 0.296. The molecule has 0 saturated heterocycles. The van der Waals surface area contributed by atoms with E-state index in [1.807, 2.05) is 12.1 Å². The molecule has 2 heteroatoms. The van der Waals surface area contributed by atoms with Crippen LogP contribution in [-0.4, -0.2) is 11.7 Å². The van der Waals surface area contributed by atoms with E-state index in [0.717, 1.165) is 12.1 Å². The molecule has 14 heavy (non-hydrogen) atoms. The number of rotatable bonds is 4. The van der Waals surface area contributed by atoms with E-state index >= 15 is 0 Å². The lowest BCUT2D eigenvalue weighted by atomic mass is 10.1. The molecular formula is C12H19NO. The summed E-state index contributed by atoms with van der Waals surface area (Å²) in [4.78, 5) is 0. The molecule has 0 radical (unpaired) electrons. The van der Waals surface area contributed by atoms with Crippen LogP contribution in [0, 0.1) is 5.92 Å². The monoisotopic (exact) mass is 193 g/mol. The molecule has 2 nitrogen and oxygen atoms in total. The second-order valence-corrected chi connectivity index (χ2v) is 4.12. The van der Waals surface area contributed by atoms with Crippen molar-refractivity contribution in [3.05, 3.63) is 29.8 Å². The molecule has 1 unspecified atom stereocenters. The zero-order valence-corrected chi connectivity index (χ0v) is 9.12. The number of aromatic hydroxyl groups is 1. The van der Waals surface area contributed by atoms with Crippen LogP contribution in [0.2, 0.25) is 0 Å². The molecule has 0 bridgehead atoms. The molecule has 1 rings (SSSR count). The van der Waals surface area contributed by atoms with Gasteiger partial charge in [-0.05, 0) is 37.1 Å². The maximum Gasteiger partial charge on any atom is 0.115 e. The third-order valence-corrected chi connectivity index (χ3v) is 2.20. The highest BCUT2D eigenvalue weighted by Gasteiger charge is 2.05. The van der Waals surface area contributed by atoms with Crippen molar-refractivity contribution in [2.75, 3.05) is 6.54 Å². The number of hydrogen-bond donors (Lipinski definition) is 2. The molecular weight excluding hydrogens is 174 g/mol. The van der Waals surface area contributed by atoms with Gasteiger partial charge < -0.3 is 10.4 Å². The topological polar surface area (TPSA) is 32.3 Å². The van der Waals surface area contributed by atoms with Gasteiger partial charge in [-0.3, -0.25) is 0 Å². The Balaban J connectivity index is 2.56. The summed E-state index contributed by atoms with van der Waals surface area (Å²) in [6.45, 7) is 7.47. The van der Waals surface area contributed by atoms with E-state index in [1.54, 1.807) is 12.1 Å². The van der Waals surface area contributed by atoms with Crippen LogP contribution < -0.4 is 5.32 Å². The Bertz CT molecular complexity index is 283. The van der Waals surface area contributed by atoms with Crippen molar-refractivity contribution in [2.45, 2.75) is 26.8 Å². The van der Waals surface area contributed by atoms with Crippen LogP contribution in [0.15, 0.2) is 24.3 Å². The van der Waals surface area contributed by atoms with E-state index in [0.29, 0.717) is 17.7 Å². The number of phenolic OH excluding ortho intramolecular Hbond substituents is 1. The van der Waals surface area contributed by atoms with Gasteiger partial charge in [0.25, 0.3) is 0 Å². The molecule has 1 aromatic carbocycles. The number of nitrogens with one attached hydrogen (secondary N) is 1. The first-order chi connectivity index (χ1) is 6.59. The zero-order chi connectivity index (χ0) is 10.6. The van der Waals surface area contributed by atoms with Crippen molar-refractivity contribution in [1.29, 1.82) is 0 Å². The molecule has 2 N–H and O–H groups in total. The highest BCUT2D eigenvalue weighted by Crippen LogP contribution is 2.17. The fraction of sp³-hybridized carbons (Fsp3) is 0.500. The molecule has 0 spiro atoms. The van der Waals surface area contributed by atoms with E-state index < -0.39 is 0 Å². The number of phenols is 1. The normalized spacial score (nSPS) is 13.1. The van der Waals surface area contributed by atoms with Gasteiger partial charge in [-0.25, -0.2) is 0 Å². The van der Waals surface area contributed by atoms with Crippen molar-refractivity contribution in [3.8, 4) is 5.75 Å². The van der Waals surface area contributed by atoms with Gasteiger partial charge >= 0.3 is 0 Å². The number of benzene rings is 1. The molecule has 0 saturated carbocycles. The van der Waals surface area contributed by atoms with Gasteiger partial charge in [0, 0.05) is 6.04 Å². The number of hydrogen-bond acceptors (Lipinski definition) is 2. The van der Waals surface area contributed by atoms with Crippen molar-refractivity contribution in [1.82, 2.24) is 5.32 Å². The van der Waals surface area contributed by atoms with Gasteiger partial charge in [-0.1, -0.05) is 26.0 Å². The summed E-state index contributed by atoms with van der Waals surface area (Å²) >= 11 is 0. The lowest BCUT2D eigenvalue weighted by Crippen LogP contribution is -2.23. The largest absolute Gasteiger partial charge is 0.508 e. The molecule has 0 aliphatic rings. The highest BCUT2D eigenvalue weighted by atomic mass is 16.3. The first kappa shape index (κ1) is 11.1. The van der Waals surface area contributed by atoms with Crippen molar-refractivity contribution < 1.29 is 5.11 Å². The molecule has 1 aromatic rings. The summed E-state index contributed by atoms with van der Waals surface area (Å²) in [7, 11) is 0. The Morgan fingerprint density at radius 1 is 1.29 bits per heavy atom. The minimum Gasteiger partial charge on any atom is -0.508 e. The Kier molecular flexibility index (Phi) is 3.96. The zero-order valence-electron chi connectivity index (χ0n) is 9.12. The summed E-state index contributed by atoms with van der Waals surface area (Å²) in [5.74, 6) is 0.982. The molecule has 0 aromatic heterocycles. The highest BCUT2D eigenvalue weighted by molar-refractivity contribution is 5.28. The van der Waals surface area contributed by atoms with Crippen molar-refractivity contribution in [2.24, 2.45) is 5.92 Å². The van der Waals surface area contributed by atoms with Crippen molar-refractivity contribution >= 4 is 0 Å². The van der Waals surface area contributed by atoms with Gasteiger partial charge in [0.1, 0.15) is 5.75 Å². The average molecular weight is 193 g/mol. The van der Waals surface area contributed by atoms with Gasteiger partial charge in [0.2, 0.25) is 0 Å². The van der Waals surface area contributed by atoms with Crippen LogP contribution in [0.25, 0.3) is 0 Å². The SMILES string of the molecule is CC(C)CNC(C)c1cccc(O)c1. The van der Waals surface area contributed by atoms with Crippen LogP contribution in [0.3, 0.4) is 0 Å². The van der Waals surface area contributed by atoms with Crippen LogP contribution in [0.4, 0.5) is 0 Å². The smallest absolute Gasteiger partial charge is 0.115 e. The second-order valence-electron chi connectivity index (χ2n) is 4.12. The maximum atomic E-state index is 9.31. The molecule has 0 heterocycles. The van der Waals surface area contributed by atoms with Gasteiger partial charge in [0.05, 0.1) is 0 Å². The standard InChI is InChI=1S/C12H19NO/c1-9(2)8-13-10(3)11-5-4-6-12(14)7-11/h4-7,9-10,13-14H,8H2,1-3H3. The summed E-state index contributed by atoms with van der Waals surface area (Å²) in [5.41, 5.74) is 1.13. The molecule has 0 fully saturated rings. The fourth-order valence-corrected chi connectivity index (χ4v) is 1.32. The summed E-state index contributed by atoms with van der Waals surface area (Å²) in [5, 5.41) is 12.7. The van der Waals surface area contributed by atoms with E-state index in [9.17, 15) is 5.11 Å². The third-order valence-electron chi connectivity index (χ3n) is 2.20. The summed E-state index contributed by atoms with van der Waals surface area (Å²) in [6, 6.07) is 7.69. The van der Waals surface area contributed by atoms with Gasteiger partial charge in [0.15, 0.2) is 0 Å². The lowest BCUT2D eigenvalue weighted by Gasteiger charge is -2.15. The molecule has 78 valence electrons. The van der Waals surface area contributed by atoms with Gasteiger partial charge in [-0.15, -0.1) is 0 Å². The third kappa shape index (κ3) is 3.38. The quantitative estimate of drug-likeness (QED) is 0.770. The van der Waals surface area contributed by atoms with Crippen LogP contribution in [-0.2, 0) is 0 Å². The lowest BCUT2D eigenvalue weighted by molar-refractivity contribution is 0.468. The Hall–Kier alpha value is -1.02. The first-order valence-corrected chi connectivity index (χ1v) is 5.12. The van der Waals surface area contributed by atoms with Crippen LogP contribution in [0.1, 0.15) is 32.4 Å². The predicted molar refractivity (Wildman–Crippen MR) is 59.4 cm³/mol. The second kappa shape index (κ2) is 5.01. The van der Waals surface area contributed by atoms with E-state index in [-0.39, 0.29) is 0 Å². The van der Waals surface area contributed by atoms with E-state index in [2.05, 4.69) is 26.1 Å². The fourth-order valence-electron chi connectivity index (χ4n) is 1.32. The molecule has 0 aliphatic heterocycles. The Labute approximate surface area is 86.0 Å². The predicted octanol–water partition coefficient (Wildman–Crippen LogP) is 2.70. The molecule has 0 aliphatic carbocycles. The molecule has 1 atom stereocenters. The molecule has 0 amide bonds.